The predicted octanol–water partition coefficient (Wildman–Crippen LogP) is 31.8. The monoisotopic (exact) mass is 1860 g/mol. The Bertz CT molecular complexity index is 7710. The summed E-state index contributed by atoms with van der Waals surface area (Å²) >= 11 is 0. The van der Waals surface area contributed by atoms with E-state index in [1.165, 1.54) is 44.5 Å². The second-order valence-electron chi connectivity index (χ2n) is 37.8. The van der Waals surface area contributed by atoms with E-state index in [2.05, 4.69) is 533 Å². The zero-order valence-electron chi connectivity index (χ0n) is 81.1. The van der Waals surface area contributed by atoms with Crippen LogP contribution in [-0.4, -0.2) is 26.4 Å². The molecule has 0 unspecified atom stereocenters. The molecule has 0 aliphatic heterocycles. The van der Waals surface area contributed by atoms with Gasteiger partial charge < -0.3 is 18.9 Å². The van der Waals surface area contributed by atoms with Crippen molar-refractivity contribution < 1.29 is 18.9 Å². The third kappa shape index (κ3) is 15.1. The highest BCUT2D eigenvalue weighted by Crippen LogP contribution is 2.59. The molecule has 4 heteroatoms. The molecule has 688 valence electrons. The Kier molecular flexibility index (Phi) is 23.3. The molecule has 4 nitrogen and oxygen atoms in total. The van der Waals surface area contributed by atoms with E-state index in [9.17, 15) is 0 Å². The summed E-state index contributed by atoms with van der Waals surface area (Å²) in [5.41, 5.74) is 26.9. The number of benzene rings is 20. The van der Waals surface area contributed by atoms with Gasteiger partial charge in [-0.1, -0.05) is 436 Å². The van der Waals surface area contributed by atoms with Crippen molar-refractivity contribution >= 4 is 91.7 Å². The van der Waals surface area contributed by atoms with E-state index >= 15 is 0 Å². The van der Waals surface area contributed by atoms with E-state index < -0.39 is 27.1 Å². The van der Waals surface area contributed by atoms with Crippen LogP contribution in [0.4, 0.5) is 0 Å². The minimum absolute atomic E-state index is 0.304. The fourth-order valence-electron chi connectivity index (χ4n) is 24.2. The van der Waals surface area contributed by atoms with Crippen molar-refractivity contribution in [1.82, 2.24) is 0 Å². The Morgan fingerprint density at radius 1 is 0.172 bits per heavy atom. The fraction of sp³-hybridized carbons (Fsp3) is 0.0922. The van der Waals surface area contributed by atoms with Crippen LogP contribution in [-0.2, 0) is 27.1 Å². The van der Waals surface area contributed by atoms with Crippen LogP contribution >= 0.6 is 0 Å². The van der Waals surface area contributed by atoms with Crippen LogP contribution in [0.2, 0.25) is 0 Å². The Morgan fingerprint density at radius 3 is 0.510 bits per heavy atom. The van der Waals surface area contributed by atoms with Crippen molar-refractivity contribution in [3.8, 4) is 70.4 Å². The van der Waals surface area contributed by atoms with Crippen LogP contribution in [0.3, 0.4) is 0 Å². The summed E-state index contributed by atoms with van der Waals surface area (Å²) < 4.78 is 25.1. The third-order valence-electron chi connectivity index (χ3n) is 30.6. The molecule has 0 saturated heterocycles. The largest absolute Gasteiger partial charge is 0.481 e. The van der Waals surface area contributed by atoms with Crippen LogP contribution in [0.5, 0.6) is 23.0 Å². The van der Waals surface area contributed by atoms with Crippen LogP contribution in [0, 0.1) is 47.4 Å². The molecule has 0 bridgehead atoms. The molecule has 0 spiro atoms. The molecule has 0 aromatic heterocycles. The first kappa shape index (κ1) is 89.5. The van der Waals surface area contributed by atoms with Crippen molar-refractivity contribution in [2.24, 2.45) is 0 Å². The second kappa shape index (κ2) is 37.8. The van der Waals surface area contributed by atoms with E-state index in [-0.39, 0.29) is 0 Å². The van der Waals surface area contributed by atoms with E-state index in [0.717, 1.165) is 177 Å². The van der Waals surface area contributed by atoms with Crippen molar-refractivity contribution in [3.05, 3.63) is 593 Å². The highest BCUT2D eigenvalue weighted by molar-refractivity contribution is 5.94. The minimum Gasteiger partial charge on any atom is -0.481 e. The summed E-state index contributed by atoms with van der Waals surface area (Å²) in [6.07, 6.45) is 18.5. The number of ether oxygens (including phenoxy) is 4. The van der Waals surface area contributed by atoms with Gasteiger partial charge in [0.05, 0.1) is 27.1 Å². The molecule has 20 aromatic rings. The number of hydrogen-bond donors (Lipinski definition) is 0. The van der Waals surface area contributed by atoms with Gasteiger partial charge in [0.25, 0.3) is 0 Å². The zero-order chi connectivity index (χ0) is 97.5. The fourth-order valence-corrected chi connectivity index (χ4v) is 24.2. The molecular formula is C141H100O4. The van der Waals surface area contributed by atoms with E-state index in [1.807, 2.05) is 27.7 Å². The van der Waals surface area contributed by atoms with Gasteiger partial charge in [0.1, 0.15) is 49.4 Å². The molecule has 0 heterocycles. The summed E-state index contributed by atoms with van der Waals surface area (Å²) in [5, 5.41) is 8.65. The molecule has 0 atom stereocenters. The van der Waals surface area contributed by atoms with Crippen LogP contribution in [0.1, 0.15) is 183 Å². The lowest BCUT2D eigenvalue weighted by atomic mass is 9.60. The number of fused-ring (bicyclic) bond motifs is 12. The molecule has 4 aliphatic rings. The molecule has 0 radical (unpaired) electrons. The highest BCUT2D eigenvalue weighted by Gasteiger charge is 2.50. The summed E-state index contributed by atoms with van der Waals surface area (Å²) in [4.78, 5) is 0. The summed E-state index contributed by atoms with van der Waals surface area (Å²) in [6, 6.07) is 166. The lowest BCUT2D eigenvalue weighted by Crippen LogP contribution is -2.35. The number of hydrogen-bond acceptors (Lipinski definition) is 4. The maximum Gasteiger partial charge on any atom is 0.149 e. The normalized spacial score (nSPS) is 13.7. The summed E-state index contributed by atoms with van der Waals surface area (Å²) in [7, 11) is 0. The standard InChI is InChI=1S/C141H100O4/c1-5-9-85-142-125-81-57-105-89-121(61-53-109(105)93-125)138(129-37-21-13-29-97(129)45-46-98-30-14-22-38-130(98)138)117-73-65-113(66-74-117)137(114-67-75-118(76-68-114)139(122-62-54-110-94-126(143-86-10-6-2)82-58-106(110)90-122)131-39-23-15-31-99(131)47-48-100-32-16-24-40-132(100)139,115-69-77-119(78-70-115)140(123-63-55-111-95-127(144-87-11-7-3)83-59-107(111)91-123)133-41-25-17-33-101(133)49-50-102-34-18-26-42-134(102)140)116-71-79-120(80-72-116)141(124-64-56-112-96-128(145-88-12-8-4)84-60-108(112)92-124)135-43-27-19-35-103(135)51-52-104-36-20-28-44-136(104)141/h13-84,89-96H,85-88H2,1-4H3. The Balaban J connectivity index is 0.803. The molecule has 4 aliphatic carbocycles. The highest BCUT2D eigenvalue weighted by atomic mass is 16.5. The average Bonchev–Trinajstić information content (AvgIpc) is 1.64. The summed E-state index contributed by atoms with van der Waals surface area (Å²) in [5.74, 6) is 27.5. The zero-order valence-corrected chi connectivity index (χ0v) is 81.1. The van der Waals surface area contributed by atoms with E-state index in [4.69, 9.17) is 18.9 Å². The second-order valence-corrected chi connectivity index (χ2v) is 37.8. The molecule has 0 saturated carbocycles. The van der Waals surface area contributed by atoms with Gasteiger partial charge >= 0.3 is 0 Å². The first-order valence-corrected chi connectivity index (χ1v) is 49.8. The first-order valence-electron chi connectivity index (χ1n) is 49.8. The average molecular weight is 1860 g/mol. The predicted molar refractivity (Wildman–Crippen MR) is 600 cm³/mol. The lowest BCUT2D eigenvalue weighted by Gasteiger charge is -2.42. The van der Waals surface area contributed by atoms with Gasteiger partial charge in [-0.3, -0.25) is 0 Å². The van der Waals surface area contributed by atoms with E-state index in [1.54, 1.807) is 0 Å². The van der Waals surface area contributed by atoms with E-state index in [0.29, 0.717) is 26.4 Å². The van der Waals surface area contributed by atoms with Gasteiger partial charge in [0, 0.05) is 0 Å². The van der Waals surface area contributed by atoms with Gasteiger partial charge in [-0.25, -0.2) is 0 Å². The Labute approximate surface area is 848 Å². The molecule has 0 fully saturated rings. The van der Waals surface area contributed by atoms with Crippen molar-refractivity contribution in [2.75, 3.05) is 26.4 Å². The van der Waals surface area contributed by atoms with Gasteiger partial charge in [-0.15, -0.1) is 23.7 Å². The molecular weight excluding hydrogens is 1760 g/mol. The van der Waals surface area contributed by atoms with Crippen molar-refractivity contribution in [2.45, 2.75) is 54.8 Å². The van der Waals surface area contributed by atoms with Gasteiger partial charge in [-0.2, -0.15) is 0 Å². The maximum absolute atomic E-state index is 6.27. The Hall–Kier alpha value is -18.2. The summed E-state index contributed by atoms with van der Waals surface area (Å²) in [6.45, 7) is 8.61. The number of rotatable bonds is 20. The van der Waals surface area contributed by atoms with Crippen molar-refractivity contribution in [3.63, 3.8) is 0 Å². The quantitative estimate of drug-likeness (QED) is 0.0563. The molecule has 145 heavy (non-hydrogen) atoms. The van der Waals surface area contributed by atoms with Crippen LogP contribution < -0.4 is 18.9 Å². The SMILES string of the molecule is CC#CCOc1ccc2cc(C3(c4ccc(C(c5ccc(C6(c7ccc8cc(OCC#CC)ccc8c7)c7ccccc7C=Cc7ccccc76)cc5)(c5ccc(C6(c7ccc8cc(OCC#CC)ccc8c7)c7ccccc7C=Cc7ccccc76)cc5)c5ccc(C6(c7ccc8cc(OCC#CC)ccc8c7)c7ccccc7C=Cc7ccccc76)cc5)cc4)c4ccccc4C=Cc4ccccc43)ccc2c1. The molecule has 24 rings (SSSR count). The third-order valence-corrected chi connectivity index (χ3v) is 30.6. The first-order chi connectivity index (χ1) is 71.6. The smallest absolute Gasteiger partial charge is 0.149 e. The lowest BCUT2D eigenvalue weighted by molar-refractivity contribution is 0.370. The topological polar surface area (TPSA) is 36.9 Å². The maximum atomic E-state index is 6.27. The molecule has 20 aromatic carbocycles. The minimum atomic E-state index is -1.17. The van der Waals surface area contributed by atoms with Gasteiger partial charge in [-0.05, 0) is 299 Å². The van der Waals surface area contributed by atoms with Gasteiger partial charge in [0.2, 0.25) is 0 Å². The van der Waals surface area contributed by atoms with Gasteiger partial charge in [0.15, 0.2) is 0 Å². The Morgan fingerprint density at radius 2 is 0.331 bits per heavy atom. The van der Waals surface area contributed by atoms with Crippen LogP contribution in [0.15, 0.2) is 437 Å². The molecule has 0 amide bonds. The molecule has 0 N–H and O–H groups in total. The van der Waals surface area contributed by atoms with Crippen LogP contribution in [0.25, 0.3) is 91.7 Å². The van der Waals surface area contributed by atoms with Crippen molar-refractivity contribution in [1.29, 1.82) is 0 Å².